The second-order valence-electron chi connectivity index (χ2n) is 9.65. The number of carbonyl (C=O) groups is 2. The molecular formula is C29H26F3N3O4. The highest BCUT2D eigenvalue weighted by Crippen LogP contribution is 2.39. The summed E-state index contributed by atoms with van der Waals surface area (Å²) in [6.07, 6.45) is -4.06. The zero-order valence-corrected chi connectivity index (χ0v) is 21.6. The Balaban J connectivity index is 1.39. The maximum Gasteiger partial charge on any atom is 0.416 e. The highest BCUT2D eigenvalue weighted by atomic mass is 19.4. The lowest BCUT2D eigenvalue weighted by Gasteiger charge is -2.25. The summed E-state index contributed by atoms with van der Waals surface area (Å²) in [5.74, 6) is 0.189. The van der Waals surface area contributed by atoms with Crippen molar-refractivity contribution in [2.24, 2.45) is 5.10 Å². The van der Waals surface area contributed by atoms with Crippen LogP contribution >= 0.6 is 0 Å². The Morgan fingerprint density at radius 3 is 2.38 bits per heavy atom. The third kappa shape index (κ3) is 5.32. The van der Waals surface area contributed by atoms with Crippen molar-refractivity contribution in [1.82, 2.24) is 9.91 Å². The lowest BCUT2D eigenvalue weighted by atomic mass is 9.96. The minimum atomic E-state index is -4.51. The second kappa shape index (κ2) is 10.1. The van der Waals surface area contributed by atoms with Crippen LogP contribution in [0.5, 0.6) is 11.5 Å². The number of aryl methyl sites for hydroxylation is 2. The fourth-order valence-electron chi connectivity index (χ4n) is 4.59. The van der Waals surface area contributed by atoms with Crippen LogP contribution in [0, 0.1) is 13.8 Å². The number of rotatable bonds is 5. The van der Waals surface area contributed by atoms with Gasteiger partial charge in [0.2, 0.25) is 6.79 Å². The standard InChI is InChI=1S/C29H26F3N3O4/c1-17-4-5-20(12-18(17)2)23-14-24(21-8-11-25-26(13-21)39-16-38-25)35(33-23)27(36)15-34(3)28(37)19-6-9-22(10-7-19)29(30,31)32/h4-13,24H,14-16H2,1-3H3. The normalized spacial score (nSPS) is 16.3. The quantitative estimate of drug-likeness (QED) is 0.431. The summed E-state index contributed by atoms with van der Waals surface area (Å²) in [6, 6.07) is 14.9. The van der Waals surface area contributed by atoms with E-state index in [4.69, 9.17) is 9.47 Å². The molecule has 7 nitrogen and oxygen atoms in total. The average molecular weight is 538 g/mol. The Kier molecular flexibility index (Phi) is 6.80. The Morgan fingerprint density at radius 1 is 0.974 bits per heavy atom. The number of carbonyl (C=O) groups excluding carboxylic acids is 2. The van der Waals surface area contributed by atoms with E-state index >= 15 is 0 Å². The van der Waals surface area contributed by atoms with E-state index in [1.54, 1.807) is 6.07 Å². The van der Waals surface area contributed by atoms with E-state index < -0.39 is 29.6 Å². The van der Waals surface area contributed by atoms with Gasteiger partial charge in [0.1, 0.15) is 6.54 Å². The third-order valence-corrected chi connectivity index (χ3v) is 6.97. The van der Waals surface area contributed by atoms with Gasteiger partial charge in [0, 0.05) is 19.0 Å². The number of likely N-dealkylation sites (N-methyl/N-ethyl adjacent to an activating group) is 1. The first-order valence-corrected chi connectivity index (χ1v) is 12.3. The summed E-state index contributed by atoms with van der Waals surface area (Å²) in [4.78, 5) is 27.6. The van der Waals surface area contributed by atoms with Crippen molar-refractivity contribution < 1.29 is 32.2 Å². The molecule has 0 aromatic heterocycles. The van der Waals surface area contributed by atoms with Crippen LogP contribution in [0.1, 0.15) is 50.6 Å². The van der Waals surface area contributed by atoms with E-state index in [-0.39, 0.29) is 18.9 Å². The van der Waals surface area contributed by atoms with Gasteiger partial charge in [0.05, 0.1) is 17.3 Å². The molecule has 0 saturated heterocycles. The molecule has 0 fully saturated rings. The first-order chi connectivity index (χ1) is 18.5. The van der Waals surface area contributed by atoms with Gasteiger partial charge in [-0.05, 0) is 78.6 Å². The number of amides is 2. The van der Waals surface area contributed by atoms with Crippen LogP contribution < -0.4 is 9.47 Å². The maximum atomic E-state index is 13.5. The molecule has 2 heterocycles. The van der Waals surface area contributed by atoms with Crippen molar-refractivity contribution >= 4 is 17.5 Å². The number of alkyl halides is 3. The predicted octanol–water partition coefficient (Wildman–Crippen LogP) is 5.50. The van der Waals surface area contributed by atoms with Crippen LogP contribution in [0.25, 0.3) is 0 Å². The summed E-state index contributed by atoms with van der Waals surface area (Å²) < 4.78 is 49.6. The highest BCUT2D eigenvalue weighted by Gasteiger charge is 2.35. The number of benzene rings is 3. The van der Waals surface area contributed by atoms with E-state index in [9.17, 15) is 22.8 Å². The van der Waals surface area contributed by atoms with Crippen molar-refractivity contribution in [3.8, 4) is 11.5 Å². The molecule has 0 aliphatic carbocycles. The van der Waals surface area contributed by atoms with E-state index in [1.165, 1.54) is 17.0 Å². The molecule has 3 aromatic rings. The van der Waals surface area contributed by atoms with E-state index in [1.807, 2.05) is 44.2 Å². The van der Waals surface area contributed by atoms with Crippen molar-refractivity contribution in [2.45, 2.75) is 32.5 Å². The molecule has 0 spiro atoms. The third-order valence-electron chi connectivity index (χ3n) is 6.97. The monoisotopic (exact) mass is 537 g/mol. The van der Waals surface area contributed by atoms with Gasteiger partial charge in [-0.2, -0.15) is 18.3 Å². The van der Waals surface area contributed by atoms with E-state index in [0.29, 0.717) is 17.9 Å². The number of hydrogen-bond acceptors (Lipinski definition) is 5. The summed E-state index contributed by atoms with van der Waals surface area (Å²) in [5, 5.41) is 6.04. The van der Waals surface area contributed by atoms with Crippen LogP contribution in [0.2, 0.25) is 0 Å². The zero-order valence-electron chi connectivity index (χ0n) is 21.6. The summed E-state index contributed by atoms with van der Waals surface area (Å²) in [6.45, 7) is 3.83. The van der Waals surface area contributed by atoms with Crippen LogP contribution in [0.3, 0.4) is 0 Å². The lowest BCUT2D eigenvalue weighted by Crippen LogP contribution is -2.39. The van der Waals surface area contributed by atoms with E-state index in [2.05, 4.69) is 5.10 Å². The van der Waals surface area contributed by atoms with Crippen molar-refractivity contribution in [2.75, 3.05) is 20.4 Å². The van der Waals surface area contributed by atoms with Crippen molar-refractivity contribution in [3.05, 3.63) is 94.0 Å². The van der Waals surface area contributed by atoms with Gasteiger partial charge in [-0.15, -0.1) is 0 Å². The number of ether oxygens (including phenoxy) is 2. The molecule has 0 bridgehead atoms. The molecule has 0 saturated carbocycles. The molecule has 0 N–H and O–H groups in total. The fourth-order valence-corrected chi connectivity index (χ4v) is 4.59. The van der Waals surface area contributed by atoms with Gasteiger partial charge in [0.25, 0.3) is 11.8 Å². The maximum absolute atomic E-state index is 13.5. The SMILES string of the molecule is Cc1ccc(C2=NN(C(=O)CN(C)C(=O)c3ccc(C(F)(F)F)cc3)C(c3ccc4c(c3)OCO4)C2)cc1C. The lowest BCUT2D eigenvalue weighted by molar-refractivity contribution is -0.137. The van der Waals surface area contributed by atoms with Crippen molar-refractivity contribution in [1.29, 1.82) is 0 Å². The molecule has 2 amide bonds. The molecule has 10 heteroatoms. The molecule has 2 aliphatic heterocycles. The van der Waals surface area contributed by atoms with Gasteiger partial charge >= 0.3 is 6.18 Å². The Hall–Kier alpha value is -4.34. The number of fused-ring (bicyclic) bond motifs is 1. The summed E-state index contributed by atoms with van der Waals surface area (Å²) in [5.41, 5.74) is 3.86. The van der Waals surface area contributed by atoms with Gasteiger partial charge in [-0.1, -0.05) is 18.2 Å². The molecule has 1 atom stereocenters. The van der Waals surface area contributed by atoms with Gasteiger partial charge in [-0.3, -0.25) is 9.59 Å². The Morgan fingerprint density at radius 2 is 1.69 bits per heavy atom. The average Bonchev–Trinajstić information content (AvgIpc) is 3.56. The molecule has 5 rings (SSSR count). The minimum Gasteiger partial charge on any atom is -0.454 e. The molecule has 2 aliphatic rings. The smallest absolute Gasteiger partial charge is 0.416 e. The number of hydrogen-bond donors (Lipinski definition) is 0. The van der Waals surface area contributed by atoms with Gasteiger partial charge < -0.3 is 14.4 Å². The predicted molar refractivity (Wildman–Crippen MR) is 138 cm³/mol. The van der Waals surface area contributed by atoms with E-state index in [0.717, 1.165) is 52.2 Å². The Bertz CT molecular complexity index is 1470. The fraction of sp³-hybridized carbons (Fsp3) is 0.276. The number of hydrazone groups is 1. The molecule has 1 unspecified atom stereocenters. The Labute approximate surface area is 223 Å². The zero-order chi connectivity index (χ0) is 27.9. The van der Waals surface area contributed by atoms with Gasteiger partial charge in [0.15, 0.2) is 11.5 Å². The first kappa shape index (κ1) is 26.3. The largest absolute Gasteiger partial charge is 0.454 e. The molecule has 202 valence electrons. The van der Waals surface area contributed by atoms with Crippen LogP contribution in [0.15, 0.2) is 65.8 Å². The highest BCUT2D eigenvalue weighted by molar-refractivity contribution is 6.04. The molecule has 3 aromatic carbocycles. The second-order valence-corrected chi connectivity index (χ2v) is 9.65. The van der Waals surface area contributed by atoms with Crippen LogP contribution in [0.4, 0.5) is 13.2 Å². The van der Waals surface area contributed by atoms with Crippen LogP contribution in [-0.2, 0) is 11.0 Å². The number of halogens is 3. The van der Waals surface area contributed by atoms with Crippen molar-refractivity contribution in [3.63, 3.8) is 0 Å². The van der Waals surface area contributed by atoms with Crippen LogP contribution in [-0.4, -0.2) is 47.8 Å². The molecular weight excluding hydrogens is 511 g/mol. The summed E-state index contributed by atoms with van der Waals surface area (Å²) in [7, 11) is 1.43. The first-order valence-electron chi connectivity index (χ1n) is 12.3. The number of nitrogens with zero attached hydrogens (tertiary/aromatic N) is 3. The topological polar surface area (TPSA) is 71.4 Å². The minimum absolute atomic E-state index is 0.0476. The molecule has 39 heavy (non-hydrogen) atoms. The summed E-state index contributed by atoms with van der Waals surface area (Å²) >= 11 is 0. The van der Waals surface area contributed by atoms with Gasteiger partial charge in [-0.25, -0.2) is 5.01 Å². The molecule has 0 radical (unpaired) electrons.